The molecule has 32 heavy (non-hydrogen) atoms. The van der Waals surface area contributed by atoms with E-state index in [0.29, 0.717) is 44.4 Å². The first-order valence-corrected chi connectivity index (χ1v) is 10.2. The van der Waals surface area contributed by atoms with E-state index in [2.05, 4.69) is 20.4 Å². The third-order valence-electron chi connectivity index (χ3n) is 5.20. The fourth-order valence-electron chi connectivity index (χ4n) is 3.55. The van der Waals surface area contributed by atoms with Crippen LogP contribution in [-0.4, -0.2) is 58.6 Å². The Hall–Kier alpha value is -3.24. The van der Waals surface area contributed by atoms with E-state index in [1.54, 1.807) is 0 Å². The number of benzene rings is 2. The minimum Gasteiger partial charge on any atom is -0.338 e. The molecular weight excluding hydrogens is 423 g/mol. The molecule has 168 valence electrons. The van der Waals surface area contributed by atoms with Crippen molar-refractivity contribution in [2.24, 2.45) is 0 Å². The normalized spacial score (nSPS) is 15.6. The third kappa shape index (κ3) is 5.51. The predicted molar refractivity (Wildman–Crippen MR) is 112 cm³/mol. The molecule has 0 saturated carbocycles. The summed E-state index contributed by atoms with van der Waals surface area (Å²) in [6.07, 6.45) is -4.52. The zero-order valence-corrected chi connectivity index (χ0v) is 17.2. The van der Waals surface area contributed by atoms with Crippen molar-refractivity contribution < 1.29 is 22.5 Å². The summed E-state index contributed by atoms with van der Waals surface area (Å²) in [6.45, 7) is 3.09. The number of hydrogen-bond donors (Lipinski definition) is 1. The summed E-state index contributed by atoms with van der Waals surface area (Å²) in [5, 5.41) is 6.40. The molecule has 1 aliphatic rings. The van der Waals surface area contributed by atoms with Crippen molar-refractivity contribution in [3.05, 3.63) is 66.1 Å². The van der Waals surface area contributed by atoms with Crippen LogP contribution in [0.2, 0.25) is 0 Å². The van der Waals surface area contributed by atoms with Crippen LogP contribution in [0.3, 0.4) is 0 Å². The van der Waals surface area contributed by atoms with Gasteiger partial charge in [-0.3, -0.25) is 14.6 Å². The molecular formula is C22H22F3N5O2. The lowest BCUT2D eigenvalue weighted by molar-refractivity contribution is -0.137. The van der Waals surface area contributed by atoms with Crippen molar-refractivity contribution in [1.29, 1.82) is 0 Å². The van der Waals surface area contributed by atoms with Crippen LogP contribution in [0.1, 0.15) is 11.5 Å². The van der Waals surface area contributed by atoms with E-state index < -0.39 is 17.6 Å². The number of carbonyl (C=O) groups excluding carboxylic acids is 1. The van der Waals surface area contributed by atoms with Crippen LogP contribution in [0, 0.1) is 0 Å². The zero-order chi connectivity index (χ0) is 22.6. The SMILES string of the molecule is O=C(CN1CCN(Cc2nc(-c3ccccc3)no2)CC1)Nc1ccccc1C(F)(F)F. The lowest BCUT2D eigenvalue weighted by Crippen LogP contribution is -2.48. The minimum atomic E-state index is -4.52. The maximum Gasteiger partial charge on any atom is 0.418 e. The number of halogens is 3. The van der Waals surface area contributed by atoms with E-state index >= 15 is 0 Å². The Kier molecular flexibility index (Phi) is 6.52. The number of para-hydroxylation sites is 1. The second-order valence-corrected chi connectivity index (χ2v) is 7.52. The van der Waals surface area contributed by atoms with E-state index in [-0.39, 0.29) is 12.2 Å². The van der Waals surface area contributed by atoms with Gasteiger partial charge in [-0.2, -0.15) is 18.2 Å². The summed E-state index contributed by atoms with van der Waals surface area (Å²) < 4.78 is 44.6. The molecule has 3 aromatic rings. The molecule has 1 saturated heterocycles. The number of carbonyl (C=O) groups is 1. The first-order valence-electron chi connectivity index (χ1n) is 10.2. The number of aromatic nitrogens is 2. The van der Waals surface area contributed by atoms with Crippen LogP contribution in [0.4, 0.5) is 18.9 Å². The lowest BCUT2D eigenvalue weighted by atomic mass is 10.1. The highest BCUT2D eigenvalue weighted by Crippen LogP contribution is 2.34. The van der Waals surface area contributed by atoms with Crippen LogP contribution >= 0.6 is 0 Å². The van der Waals surface area contributed by atoms with Gasteiger partial charge in [0.2, 0.25) is 17.6 Å². The molecule has 7 nitrogen and oxygen atoms in total. The number of piperazine rings is 1. The number of nitrogens with one attached hydrogen (secondary N) is 1. The maximum atomic E-state index is 13.1. The first kappa shape index (κ1) is 22.0. The molecule has 2 aromatic carbocycles. The fraction of sp³-hybridized carbons (Fsp3) is 0.318. The molecule has 0 bridgehead atoms. The van der Waals surface area contributed by atoms with Gasteiger partial charge in [-0.05, 0) is 12.1 Å². The number of nitrogens with zero attached hydrogens (tertiary/aromatic N) is 4. The number of alkyl halides is 3. The third-order valence-corrected chi connectivity index (χ3v) is 5.20. The van der Waals surface area contributed by atoms with E-state index in [9.17, 15) is 18.0 Å². The zero-order valence-electron chi connectivity index (χ0n) is 17.2. The molecule has 2 heterocycles. The molecule has 1 fully saturated rings. The van der Waals surface area contributed by atoms with Crippen molar-refractivity contribution in [1.82, 2.24) is 19.9 Å². The molecule has 4 rings (SSSR count). The molecule has 1 aliphatic heterocycles. The molecule has 0 spiro atoms. The Balaban J connectivity index is 1.26. The average Bonchev–Trinajstić information content (AvgIpc) is 3.24. The molecule has 10 heteroatoms. The van der Waals surface area contributed by atoms with Gasteiger partial charge in [0, 0.05) is 31.7 Å². The van der Waals surface area contributed by atoms with Gasteiger partial charge < -0.3 is 9.84 Å². The predicted octanol–water partition coefficient (Wildman–Crippen LogP) is 3.51. The van der Waals surface area contributed by atoms with Crippen molar-refractivity contribution in [3.8, 4) is 11.4 Å². The Morgan fingerprint density at radius 2 is 1.62 bits per heavy atom. The first-order chi connectivity index (χ1) is 15.4. The smallest absolute Gasteiger partial charge is 0.338 e. The van der Waals surface area contributed by atoms with Crippen LogP contribution in [-0.2, 0) is 17.5 Å². The van der Waals surface area contributed by atoms with E-state index in [1.807, 2.05) is 35.2 Å². The lowest BCUT2D eigenvalue weighted by Gasteiger charge is -2.33. The van der Waals surface area contributed by atoms with Gasteiger partial charge in [-0.1, -0.05) is 47.6 Å². The van der Waals surface area contributed by atoms with Crippen molar-refractivity contribution in [3.63, 3.8) is 0 Å². The topological polar surface area (TPSA) is 74.5 Å². The second kappa shape index (κ2) is 9.49. The van der Waals surface area contributed by atoms with Gasteiger partial charge in [-0.15, -0.1) is 0 Å². The Bertz CT molecular complexity index is 1050. The maximum absolute atomic E-state index is 13.1. The van der Waals surface area contributed by atoms with E-state index in [1.165, 1.54) is 18.2 Å². The number of hydrogen-bond acceptors (Lipinski definition) is 6. The Morgan fingerprint density at radius 3 is 2.34 bits per heavy atom. The van der Waals surface area contributed by atoms with Gasteiger partial charge in [0.15, 0.2) is 0 Å². The monoisotopic (exact) mass is 445 g/mol. The summed E-state index contributed by atoms with van der Waals surface area (Å²) in [5.74, 6) is 0.577. The van der Waals surface area contributed by atoms with Crippen molar-refractivity contribution in [2.45, 2.75) is 12.7 Å². The largest absolute Gasteiger partial charge is 0.418 e. The standard InChI is InChI=1S/C22H22F3N5O2/c23-22(24,25)17-8-4-5-9-18(17)26-19(31)14-29-10-12-30(13-11-29)15-20-27-21(28-32-20)16-6-2-1-3-7-16/h1-9H,10-15H2,(H,26,31). The highest BCUT2D eigenvalue weighted by Gasteiger charge is 2.33. The molecule has 0 unspecified atom stereocenters. The van der Waals surface area contributed by atoms with E-state index in [0.717, 1.165) is 11.6 Å². The van der Waals surface area contributed by atoms with Crippen LogP contribution < -0.4 is 5.32 Å². The number of amides is 1. The van der Waals surface area contributed by atoms with Gasteiger partial charge in [-0.25, -0.2) is 0 Å². The van der Waals surface area contributed by atoms with Gasteiger partial charge in [0.1, 0.15) is 0 Å². The summed E-state index contributed by atoms with van der Waals surface area (Å²) in [5.41, 5.74) is -0.202. The summed E-state index contributed by atoms with van der Waals surface area (Å²) in [6, 6.07) is 14.5. The summed E-state index contributed by atoms with van der Waals surface area (Å²) in [7, 11) is 0. The molecule has 1 amide bonds. The summed E-state index contributed by atoms with van der Waals surface area (Å²) in [4.78, 5) is 20.8. The number of rotatable bonds is 6. The van der Waals surface area contributed by atoms with E-state index in [4.69, 9.17) is 4.52 Å². The van der Waals surface area contributed by atoms with Crippen LogP contribution in [0.15, 0.2) is 59.1 Å². The Labute approximate surface area is 182 Å². The molecule has 0 aliphatic carbocycles. The molecule has 1 N–H and O–H groups in total. The minimum absolute atomic E-state index is 0.0265. The van der Waals surface area contributed by atoms with Gasteiger partial charge in [0.05, 0.1) is 24.3 Å². The Morgan fingerprint density at radius 1 is 0.969 bits per heavy atom. The molecule has 0 radical (unpaired) electrons. The fourth-order valence-corrected chi connectivity index (χ4v) is 3.55. The van der Waals surface area contributed by atoms with Gasteiger partial charge >= 0.3 is 6.18 Å². The van der Waals surface area contributed by atoms with Crippen LogP contribution in [0.5, 0.6) is 0 Å². The average molecular weight is 445 g/mol. The highest BCUT2D eigenvalue weighted by atomic mass is 19.4. The van der Waals surface area contributed by atoms with Crippen molar-refractivity contribution >= 4 is 11.6 Å². The number of anilines is 1. The molecule has 0 atom stereocenters. The quantitative estimate of drug-likeness (QED) is 0.626. The second-order valence-electron chi connectivity index (χ2n) is 7.52. The van der Waals surface area contributed by atoms with Gasteiger partial charge in [0.25, 0.3) is 0 Å². The molecule has 1 aromatic heterocycles. The van der Waals surface area contributed by atoms with Crippen molar-refractivity contribution in [2.75, 3.05) is 38.0 Å². The summed E-state index contributed by atoms with van der Waals surface area (Å²) >= 11 is 0. The highest BCUT2D eigenvalue weighted by molar-refractivity contribution is 5.93. The van der Waals surface area contributed by atoms with Crippen LogP contribution in [0.25, 0.3) is 11.4 Å².